The monoisotopic (exact) mass is 229 g/mol. The van der Waals surface area contributed by atoms with Gasteiger partial charge in [0.05, 0.1) is 6.10 Å². The molecular weight excluding hydrogens is 214 g/mol. The Hall–Kier alpha value is -2.00. The van der Waals surface area contributed by atoms with Crippen LogP contribution in [-0.4, -0.2) is 10.2 Å². The minimum Gasteiger partial charge on any atom is -0.507 e. The summed E-state index contributed by atoms with van der Waals surface area (Å²) in [4.78, 5) is 0. The second-order valence-corrected chi connectivity index (χ2v) is 4.07. The van der Waals surface area contributed by atoms with E-state index in [0.717, 1.165) is 11.1 Å². The number of benzene rings is 2. The topological polar surface area (TPSA) is 66.5 Å². The molecule has 2 aromatic rings. The molecule has 0 aliphatic rings. The molecule has 0 saturated heterocycles. The van der Waals surface area contributed by atoms with Gasteiger partial charge in [-0.15, -0.1) is 0 Å². The van der Waals surface area contributed by atoms with Gasteiger partial charge in [0.2, 0.25) is 0 Å². The summed E-state index contributed by atoms with van der Waals surface area (Å²) in [6, 6.07) is 12.3. The van der Waals surface area contributed by atoms with Gasteiger partial charge in [0.15, 0.2) is 0 Å². The van der Waals surface area contributed by atoms with Gasteiger partial charge in [-0.2, -0.15) is 0 Å². The molecule has 0 aliphatic heterocycles. The van der Waals surface area contributed by atoms with Gasteiger partial charge < -0.3 is 15.9 Å². The van der Waals surface area contributed by atoms with Gasteiger partial charge in [0.1, 0.15) is 5.75 Å². The molecule has 17 heavy (non-hydrogen) atoms. The van der Waals surface area contributed by atoms with Crippen LogP contribution in [0.5, 0.6) is 5.75 Å². The zero-order chi connectivity index (χ0) is 12.4. The number of hydrogen-bond acceptors (Lipinski definition) is 3. The molecule has 0 radical (unpaired) electrons. The van der Waals surface area contributed by atoms with Crippen molar-refractivity contribution in [3.05, 3.63) is 48.0 Å². The average molecular weight is 229 g/mol. The Morgan fingerprint density at radius 2 is 1.71 bits per heavy atom. The second kappa shape index (κ2) is 4.47. The summed E-state index contributed by atoms with van der Waals surface area (Å²) in [5.74, 6) is 0.198. The van der Waals surface area contributed by atoms with E-state index < -0.39 is 6.10 Å². The van der Waals surface area contributed by atoms with Gasteiger partial charge in [-0.1, -0.05) is 24.3 Å². The zero-order valence-electron chi connectivity index (χ0n) is 9.59. The second-order valence-electron chi connectivity index (χ2n) is 4.07. The third-order valence-electron chi connectivity index (χ3n) is 2.72. The van der Waals surface area contributed by atoms with Crippen LogP contribution >= 0.6 is 0 Å². The predicted octanol–water partition coefficient (Wildman–Crippen LogP) is 2.69. The molecule has 0 saturated carbocycles. The minimum absolute atomic E-state index is 0.198. The number of nitrogens with two attached hydrogens (primary N) is 1. The van der Waals surface area contributed by atoms with Crippen LogP contribution < -0.4 is 5.73 Å². The average Bonchev–Trinajstić information content (AvgIpc) is 2.32. The van der Waals surface area contributed by atoms with E-state index in [4.69, 9.17) is 5.73 Å². The smallest absolute Gasteiger partial charge is 0.123 e. The van der Waals surface area contributed by atoms with Crippen LogP contribution in [0.15, 0.2) is 42.5 Å². The Morgan fingerprint density at radius 1 is 1.06 bits per heavy atom. The maximum atomic E-state index is 9.76. The van der Waals surface area contributed by atoms with Crippen molar-refractivity contribution >= 4 is 5.69 Å². The van der Waals surface area contributed by atoms with E-state index in [9.17, 15) is 10.2 Å². The van der Waals surface area contributed by atoms with Crippen LogP contribution in [0.2, 0.25) is 0 Å². The van der Waals surface area contributed by atoms with Crippen molar-refractivity contribution in [1.29, 1.82) is 0 Å². The highest BCUT2D eigenvalue weighted by atomic mass is 16.3. The molecule has 0 aromatic heterocycles. The van der Waals surface area contributed by atoms with Crippen molar-refractivity contribution in [2.45, 2.75) is 13.0 Å². The first-order valence-corrected chi connectivity index (χ1v) is 5.45. The maximum Gasteiger partial charge on any atom is 0.123 e. The number of rotatable bonds is 2. The minimum atomic E-state index is -0.488. The largest absolute Gasteiger partial charge is 0.507 e. The number of phenols is 1. The van der Waals surface area contributed by atoms with E-state index in [2.05, 4.69) is 0 Å². The highest BCUT2D eigenvalue weighted by Gasteiger charge is 2.06. The van der Waals surface area contributed by atoms with Crippen molar-refractivity contribution in [1.82, 2.24) is 0 Å². The molecule has 1 unspecified atom stereocenters. The van der Waals surface area contributed by atoms with Crippen LogP contribution in [-0.2, 0) is 0 Å². The van der Waals surface area contributed by atoms with Crippen LogP contribution in [0.1, 0.15) is 18.6 Å². The lowest BCUT2D eigenvalue weighted by atomic mass is 10.0. The van der Waals surface area contributed by atoms with Gasteiger partial charge in [-0.05, 0) is 36.2 Å². The van der Waals surface area contributed by atoms with E-state index in [1.54, 1.807) is 25.1 Å². The van der Waals surface area contributed by atoms with Crippen molar-refractivity contribution in [3.63, 3.8) is 0 Å². The van der Waals surface area contributed by atoms with Gasteiger partial charge in [-0.25, -0.2) is 0 Å². The predicted molar refractivity (Wildman–Crippen MR) is 68.6 cm³/mol. The summed E-state index contributed by atoms with van der Waals surface area (Å²) in [6.45, 7) is 1.72. The van der Waals surface area contributed by atoms with Gasteiger partial charge in [-0.3, -0.25) is 0 Å². The van der Waals surface area contributed by atoms with Gasteiger partial charge >= 0.3 is 0 Å². The molecule has 0 spiro atoms. The molecule has 2 rings (SSSR count). The van der Waals surface area contributed by atoms with Crippen molar-refractivity contribution in [2.24, 2.45) is 0 Å². The van der Waals surface area contributed by atoms with Crippen molar-refractivity contribution in [3.8, 4) is 16.9 Å². The van der Waals surface area contributed by atoms with Crippen LogP contribution in [0.3, 0.4) is 0 Å². The Kier molecular flexibility index (Phi) is 3.02. The number of phenolic OH excluding ortho intramolecular Hbond substituents is 1. The van der Waals surface area contributed by atoms with Gasteiger partial charge in [0, 0.05) is 11.3 Å². The summed E-state index contributed by atoms with van der Waals surface area (Å²) >= 11 is 0. The summed E-state index contributed by atoms with van der Waals surface area (Å²) in [5.41, 5.74) is 8.72. The lowest BCUT2D eigenvalue weighted by Gasteiger charge is -2.08. The number of aromatic hydroxyl groups is 1. The highest BCUT2D eigenvalue weighted by molar-refractivity contribution is 5.73. The Balaban J connectivity index is 2.43. The molecule has 0 aliphatic carbocycles. The molecule has 2 aromatic carbocycles. The van der Waals surface area contributed by atoms with Gasteiger partial charge in [0.25, 0.3) is 0 Å². The molecule has 3 nitrogen and oxygen atoms in total. The van der Waals surface area contributed by atoms with Crippen LogP contribution in [0.25, 0.3) is 11.1 Å². The lowest BCUT2D eigenvalue weighted by molar-refractivity contribution is 0.199. The molecule has 0 bridgehead atoms. The molecule has 0 fully saturated rings. The fraction of sp³-hybridized carbons (Fsp3) is 0.143. The molecule has 88 valence electrons. The molecule has 1 atom stereocenters. The molecule has 0 heterocycles. The summed E-state index contributed by atoms with van der Waals surface area (Å²) < 4.78 is 0. The first-order chi connectivity index (χ1) is 8.08. The number of nitrogen functional groups attached to an aromatic ring is 1. The van der Waals surface area contributed by atoms with E-state index >= 15 is 0 Å². The third kappa shape index (κ3) is 2.40. The standard InChI is InChI=1S/C14H15NO2/c1-9(16)10-2-4-11(5-3-10)13-8-12(15)6-7-14(13)17/h2-9,16-17H,15H2,1H3. The number of aliphatic hydroxyl groups is 1. The number of aliphatic hydroxyl groups excluding tert-OH is 1. The highest BCUT2D eigenvalue weighted by Crippen LogP contribution is 2.31. The van der Waals surface area contributed by atoms with Crippen LogP contribution in [0, 0.1) is 0 Å². The summed E-state index contributed by atoms with van der Waals surface area (Å²) in [7, 11) is 0. The fourth-order valence-electron chi connectivity index (χ4n) is 1.73. The molecule has 0 amide bonds. The number of anilines is 1. The molecular formula is C14H15NO2. The molecule has 3 heteroatoms. The van der Waals surface area contributed by atoms with Crippen molar-refractivity contribution < 1.29 is 10.2 Å². The van der Waals surface area contributed by atoms with E-state index in [1.807, 2.05) is 24.3 Å². The van der Waals surface area contributed by atoms with Crippen LogP contribution in [0.4, 0.5) is 5.69 Å². The third-order valence-corrected chi connectivity index (χ3v) is 2.72. The SMILES string of the molecule is CC(O)c1ccc(-c2cc(N)ccc2O)cc1. The molecule has 4 N–H and O–H groups in total. The summed E-state index contributed by atoms with van der Waals surface area (Å²) in [6.07, 6.45) is -0.488. The number of hydrogen-bond donors (Lipinski definition) is 3. The Labute approximate surface area is 100 Å². The van der Waals surface area contributed by atoms with E-state index in [0.29, 0.717) is 11.3 Å². The van der Waals surface area contributed by atoms with Crippen molar-refractivity contribution in [2.75, 3.05) is 5.73 Å². The Bertz CT molecular complexity index is 518. The fourth-order valence-corrected chi connectivity index (χ4v) is 1.73. The van der Waals surface area contributed by atoms with E-state index in [1.165, 1.54) is 0 Å². The maximum absolute atomic E-state index is 9.76. The lowest BCUT2D eigenvalue weighted by Crippen LogP contribution is -1.91. The Morgan fingerprint density at radius 3 is 2.29 bits per heavy atom. The van der Waals surface area contributed by atoms with E-state index in [-0.39, 0.29) is 5.75 Å². The first-order valence-electron chi connectivity index (χ1n) is 5.45. The summed E-state index contributed by atoms with van der Waals surface area (Å²) in [5, 5.41) is 19.2. The zero-order valence-corrected chi connectivity index (χ0v) is 9.59. The first kappa shape index (κ1) is 11.5. The normalized spacial score (nSPS) is 12.4. The quantitative estimate of drug-likeness (QED) is 0.548.